The number of anilines is 1. The van der Waals surface area contributed by atoms with Crippen LogP contribution in [0.15, 0.2) is 88.0 Å². The molecule has 7 heteroatoms. The molecule has 0 aliphatic carbocycles. The van der Waals surface area contributed by atoms with Crippen LogP contribution in [0.25, 0.3) is 6.08 Å². The lowest BCUT2D eigenvalue weighted by Crippen LogP contribution is -2.33. The third-order valence-electron chi connectivity index (χ3n) is 4.68. The molecular weight excluding hydrogens is 463 g/mol. The van der Waals surface area contributed by atoms with E-state index in [-0.39, 0.29) is 23.0 Å². The summed E-state index contributed by atoms with van der Waals surface area (Å²) in [6.45, 7) is 0. The minimum absolute atomic E-state index is 0.157. The van der Waals surface area contributed by atoms with Gasteiger partial charge in [-0.05, 0) is 54.1 Å². The molecule has 0 saturated carbocycles. The highest BCUT2D eigenvalue weighted by Gasteiger charge is 2.33. The number of methoxy groups -OCH3 is 1. The van der Waals surface area contributed by atoms with Crippen LogP contribution >= 0.6 is 15.9 Å². The van der Waals surface area contributed by atoms with Crippen LogP contribution in [0.5, 0.6) is 0 Å². The quantitative estimate of drug-likeness (QED) is 0.382. The van der Waals surface area contributed by atoms with Crippen LogP contribution in [-0.2, 0) is 9.53 Å². The van der Waals surface area contributed by atoms with Crippen molar-refractivity contribution in [1.82, 2.24) is 0 Å². The van der Waals surface area contributed by atoms with Crippen LogP contribution in [0.3, 0.4) is 0 Å². The molecule has 154 valence electrons. The number of rotatable bonds is 4. The Morgan fingerprint density at radius 3 is 2.48 bits per heavy atom. The number of amidine groups is 1. The Labute approximate surface area is 186 Å². The molecule has 0 aromatic heterocycles. The molecule has 5 nitrogen and oxygen atoms in total. The zero-order valence-electron chi connectivity index (χ0n) is 16.4. The lowest BCUT2D eigenvalue weighted by atomic mass is 10.1. The van der Waals surface area contributed by atoms with Crippen LogP contribution < -0.4 is 4.90 Å². The average molecular weight is 479 g/mol. The van der Waals surface area contributed by atoms with Gasteiger partial charge in [-0.25, -0.2) is 14.2 Å². The van der Waals surface area contributed by atoms with Crippen LogP contribution in [-0.4, -0.2) is 24.8 Å². The van der Waals surface area contributed by atoms with Crippen molar-refractivity contribution in [2.24, 2.45) is 4.99 Å². The van der Waals surface area contributed by atoms with Crippen molar-refractivity contribution in [1.29, 1.82) is 0 Å². The van der Waals surface area contributed by atoms with Gasteiger partial charge in [0.1, 0.15) is 11.5 Å². The number of carbonyl (C=O) groups excluding carboxylic acids is 2. The number of amides is 1. The summed E-state index contributed by atoms with van der Waals surface area (Å²) < 4.78 is 20.0. The summed E-state index contributed by atoms with van der Waals surface area (Å²) in [5, 5.41) is 0. The van der Waals surface area contributed by atoms with Crippen molar-refractivity contribution in [2.75, 3.05) is 12.0 Å². The number of hydrogen-bond acceptors (Lipinski definition) is 4. The van der Waals surface area contributed by atoms with Crippen LogP contribution in [0.1, 0.15) is 21.5 Å². The predicted molar refractivity (Wildman–Crippen MR) is 120 cm³/mol. The molecule has 31 heavy (non-hydrogen) atoms. The first kappa shape index (κ1) is 20.7. The van der Waals surface area contributed by atoms with E-state index in [0.717, 1.165) is 4.47 Å². The first-order valence-electron chi connectivity index (χ1n) is 9.31. The van der Waals surface area contributed by atoms with Gasteiger partial charge in [0.15, 0.2) is 5.84 Å². The van der Waals surface area contributed by atoms with Crippen molar-refractivity contribution in [3.63, 3.8) is 0 Å². The lowest BCUT2D eigenvalue weighted by Gasteiger charge is -2.19. The summed E-state index contributed by atoms with van der Waals surface area (Å²) >= 11 is 3.41. The third kappa shape index (κ3) is 4.18. The van der Waals surface area contributed by atoms with Crippen molar-refractivity contribution in [2.45, 2.75) is 0 Å². The Morgan fingerprint density at radius 2 is 1.81 bits per heavy atom. The molecule has 0 saturated heterocycles. The van der Waals surface area contributed by atoms with Gasteiger partial charge in [-0.3, -0.25) is 9.69 Å². The number of benzene rings is 3. The molecule has 4 rings (SSSR count). The Hall–Kier alpha value is -3.58. The highest BCUT2D eigenvalue weighted by atomic mass is 79.9. The van der Waals surface area contributed by atoms with Gasteiger partial charge < -0.3 is 4.74 Å². The van der Waals surface area contributed by atoms with E-state index >= 15 is 0 Å². The molecule has 0 atom stereocenters. The molecule has 1 amide bonds. The zero-order valence-corrected chi connectivity index (χ0v) is 18.0. The maximum absolute atomic E-state index is 14.6. The fourth-order valence-corrected chi connectivity index (χ4v) is 3.57. The molecule has 1 aliphatic rings. The first-order valence-corrected chi connectivity index (χ1v) is 10.1. The minimum Gasteiger partial charge on any atom is -0.465 e. The summed E-state index contributed by atoms with van der Waals surface area (Å²) in [5.74, 6) is -1.10. The van der Waals surface area contributed by atoms with E-state index in [9.17, 15) is 14.0 Å². The van der Waals surface area contributed by atoms with Gasteiger partial charge >= 0.3 is 5.97 Å². The smallest absolute Gasteiger partial charge is 0.337 e. The molecule has 0 spiro atoms. The molecule has 0 N–H and O–H groups in total. The van der Waals surface area contributed by atoms with Crippen LogP contribution in [0.4, 0.5) is 10.1 Å². The number of nitrogens with zero attached hydrogens (tertiary/aromatic N) is 2. The van der Waals surface area contributed by atoms with Crippen molar-refractivity contribution < 1.29 is 18.7 Å². The molecule has 0 bridgehead atoms. The maximum Gasteiger partial charge on any atom is 0.337 e. The fraction of sp³-hybridized carbons (Fsp3) is 0.0417. The second kappa shape index (κ2) is 8.65. The van der Waals surface area contributed by atoms with Gasteiger partial charge in [0.2, 0.25) is 0 Å². The summed E-state index contributed by atoms with van der Waals surface area (Å²) in [4.78, 5) is 30.7. The average Bonchev–Trinajstić information content (AvgIpc) is 3.09. The monoisotopic (exact) mass is 478 g/mol. The first-order chi connectivity index (χ1) is 15.0. The zero-order chi connectivity index (χ0) is 22.0. The van der Waals surface area contributed by atoms with Crippen LogP contribution in [0, 0.1) is 5.82 Å². The van der Waals surface area contributed by atoms with Crippen molar-refractivity contribution in [3.8, 4) is 0 Å². The van der Waals surface area contributed by atoms with Crippen molar-refractivity contribution in [3.05, 3.63) is 105 Å². The van der Waals surface area contributed by atoms with Gasteiger partial charge in [0.05, 0.1) is 23.9 Å². The molecule has 3 aromatic rings. The third-order valence-corrected chi connectivity index (χ3v) is 5.17. The normalized spacial score (nSPS) is 14.7. The van der Waals surface area contributed by atoms with E-state index in [1.165, 1.54) is 18.1 Å². The molecule has 0 radical (unpaired) electrons. The predicted octanol–water partition coefficient (Wildman–Crippen LogP) is 5.21. The van der Waals surface area contributed by atoms with E-state index < -0.39 is 11.8 Å². The number of carbonyl (C=O) groups is 2. The Morgan fingerprint density at radius 1 is 1.06 bits per heavy atom. The molecule has 1 aliphatic heterocycles. The number of ether oxygens (including phenoxy) is 1. The highest BCUT2D eigenvalue weighted by molar-refractivity contribution is 9.10. The summed E-state index contributed by atoms with van der Waals surface area (Å²) in [6.07, 6.45) is 1.60. The van der Waals surface area contributed by atoms with Crippen LogP contribution in [0.2, 0.25) is 0 Å². The van der Waals surface area contributed by atoms with Gasteiger partial charge in [-0.15, -0.1) is 0 Å². The lowest BCUT2D eigenvalue weighted by molar-refractivity contribution is -0.113. The largest absolute Gasteiger partial charge is 0.465 e. The molecule has 0 unspecified atom stereocenters. The van der Waals surface area contributed by atoms with Gasteiger partial charge in [-0.1, -0.05) is 46.3 Å². The minimum atomic E-state index is -0.474. The van der Waals surface area contributed by atoms with E-state index in [1.807, 2.05) is 6.07 Å². The second-order valence-corrected chi connectivity index (χ2v) is 7.59. The molecule has 3 aromatic carbocycles. The maximum atomic E-state index is 14.6. The van der Waals surface area contributed by atoms with Crippen molar-refractivity contribution >= 4 is 45.4 Å². The summed E-state index contributed by atoms with van der Waals surface area (Å²) in [6, 6.07) is 19.9. The highest BCUT2D eigenvalue weighted by Crippen LogP contribution is 2.30. The number of halogens is 2. The van der Waals surface area contributed by atoms with Gasteiger partial charge in [-0.2, -0.15) is 0 Å². The number of aliphatic imine (C=N–C) groups is 1. The van der Waals surface area contributed by atoms with E-state index in [1.54, 1.807) is 66.7 Å². The topological polar surface area (TPSA) is 59.0 Å². The Balaban J connectivity index is 1.79. The summed E-state index contributed by atoms with van der Waals surface area (Å²) in [5.41, 5.74) is 2.01. The fourth-order valence-electron chi connectivity index (χ4n) is 3.19. The van der Waals surface area contributed by atoms with Gasteiger partial charge in [0, 0.05) is 4.47 Å². The molecule has 1 heterocycles. The SMILES string of the molecule is COC(=O)c1ccc(/C=C2/N=C(c3ccccc3F)N(c3cccc(Br)c3)C2=O)cc1. The molecular formula is C24H16BrFN2O3. The molecule has 0 fully saturated rings. The van der Waals surface area contributed by atoms with E-state index in [0.29, 0.717) is 16.8 Å². The second-order valence-electron chi connectivity index (χ2n) is 6.68. The number of hydrogen-bond donors (Lipinski definition) is 0. The summed E-state index contributed by atoms with van der Waals surface area (Å²) in [7, 11) is 1.31. The standard InChI is InChI=1S/C24H16BrFN2O3/c1-31-24(30)16-11-9-15(10-12-16)13-21-23(29)28(18-6-4-5-17(25)14-18)22(27-21)19-7-2-3-8-20(19)26/h2-14H,1H3/b21-13+. The number of esters is 1. The van der Waals surface area contributed by atoms with E-state index in [4.69, 9.17) is 4.74 Å². The van der Waals surface area contributed by atoms with Gasteiger partial charge in [0.25, 0.3) is 5.91 Å². The van der Waals surface area contributed by atoms with E-state index in [2.05, 4.69) is 20.9 Å². The Kier molecular flexibility index (Phi) is 5.77. The Bertz CT molecular complexity index is 1240.